The molecule has 0 saturated carbocycles. The number of nitro groups is 1. The van der Waals surface area contributed by atoms with Crippen LogP contribution in [-0.4, -0.2) is 34.3 Å². The van der Waals surface area contributed by atoms with Crippen molar-refractivity contribution < 1.29 is 14.5 Å². The average Bonchev–Trinajstić information content (AvgIpc) is 2.74. The first-order chi connectivity index (χ1) is 14.8. The highest BCUT2D eigenvalue weighted by atomic mass is 16.6. The average molecular weight is 422 g/mol. The van der Waals surface area contributed by atoms with Crippen LogP contribution in [0.4, 0.5) is 5.69 Å². The van der Waals surface area contributed by atoms with E-state index in [0.29, 0.717) is 17.9 Å². The molecule has 160 valence electrons. The predicted octanol–water partition coefficient (Wildman–Crippen LogP) is 2.74. The second-order valence-electron chi connectivity index (χ2n) is 6.98. The lowest BCUT2D eigenvalue weighted by molar-refractivity contribution is -0.384. The number of aromatic nitrogens is 2. The number of amides is 1. The van der Waals surface area contributed by atoms with E-state index in [1.807, 2.05) is 25.1 Å². The maximum atomic E-state index is 12.6. The highest BCUT2D eigenvalue weighted by Crippen LogP contribution is 2.22. The van der Waals surface area contributed by atoms with E-state index in [1.165, 1.54) is 28.9 Å². The van der Waals surface area contributed by atoms with Crippen molar-refractivity contribution in [2.45, 2.75) is 20.3 Å². The van der Waals surface area contributed by atoms with Gasteiger partial charge in [0.2, 0.25) is 5.43 Å². The summed E-state index contributed by atoms with van der Waals surface area (Å²) in [6.45, 7) is 3.82. The molecule has 0 aliphatic rings. The van der Waals surface area contributed by atoms with Gasteiger partial charge < -0.3 is 10.1 Å². The van der Waals surface area contributed by atoms with Gasteiger partial charge in [0.15, 0.2) is 5.69 Å². The van der Waals surface area contributed by atoms with E-state index in [1.54, 1.807) is 20.1 Å². The number of ether oxygens (including phenoxy) is 1. The maximum absolute atomic E-state index is 12.6. The molecule has 9 nitrogen and oxygen atoms in total. The number of hydrogen-bond donors (Lipinski definition) is 1. The normalized spacial score (nSPS) is 10.5. The van der Waals surface area contributed by atoms with Crippen LogP contribution in [0.25, 0.3) is 5.69 Å². The van der Waals surface area contributed by atoms with Gasteiger partial charge in [-0.05, 0) is 38.0 Å². The summed E-state index contributed by atoms with van der Waals surface area (Å²) in [4.78, 5) is 35.8. The standard InChI is InChI=1S/C22H22N4O5/c1-14-8-9-20(31-3)16(12-14)10-11-23-22(28)21-19(27)13-15(2)25(24-21)17-6-4-5-7-18(17)26(29)30/h4-9,12-13H,10-11H2,1-3H3,(H,23,28). The summed E-state index contributed by atoms with van der Waals surface area (Å²) in [5.74, 6) is 0.0657. The smallest absolute Gasteiger partial charge is 0.294 e. The molecule has 0 spiro atoms. The van der Waals surface area contributed by atoms with Gasteiger partial charge in [0.05, 0.1) is 12.0 Å². The molecule has 2 aromatic carbocycles. The number of aryl methyl sites for hydroxylation is 2. The molecule has 0 unspecified atom stereocenters. The number of methoxy groups -OCH3 is 1. The first-order valence-corrected chi connectivity index (χ1v) is 9.58. The van der Waals surface area contributed by atoms with Crippen molar-refractivity contribution >= 4 is 11.6 Å². The van der Waals surface area contributed by atoms with Crippen LogP contribution in [0.3, 0.4) is 0 Å². The van der Waals surface area contributed by atoms with Gasteiger partial charge >= 0.3 is 0 Å². The monoisotopic (exact) mass is 422 g/mol. The molecule has 1 N–H and O–H groups in total. The number of nitro benzene ring substituents is 1. The molecule has 0 fully saturated rings. The Morgan fingerprint density at radius 2 is 1.94 bits per heavy atom. The Morgan fingerprint density at radius 1 is 1.19 bits per heavy atom. The van der Waals surface area contributed by atoms with Crippen LogP contribution in [0.1, 0.15) is 27.3 Å². The number of rotatable bonds is 7. The summed E-state index contributed by atoms with van der Waals surface area (Å²) in [6, 6.07) is 13.0. The van der Waals surface area contributed by atoms with Gasteiger partial charge in [0, 0.05) is 24.4 Å². The lowest BCUT2D eigenvalue weighted by atomic mass is 10.1. The molecule has 31 heavy (non-hydrogen) atoms. The molecule has 0 radical (unpaired) electrons. The summed E-state index contributed by atoms with van der Waals surface area (Å²) in [5, 5.41) is 18.2. The number of para-hydroxylation sites is 2. The molecule has 0 aliphatic heterocycles. The highest BCUT2D eigenvalue weighted by molar-refractivity contribution is 5.92. The molecule has 0 atom stereocenters. The molecule has 0 bridgehead atoms. The van der Waals surface area contributed by atoms with Gasteiger partial charge in [0.1, 0.15) is 11.4 Å². The molecule has 1 amide bonds. The van der Waals surface area contributed by atoms with Crippen LogP contribution in [0, 0.1) is 24.0 Å². The minimum Gasteiger partial charge on any atom is -0.496 e. The molecular formula is C22H22N4O5. The first-order valence-electron chi connectivity index (χ1n) is 9.58. The minimum atomic E-state index is -0.649. The lowest BCUT2D eigenvalue weighted by Gasteiger charge is -2.12. The van der Waals surface area contributed by atoms with Gasteiger partial charge in [0.25, 0.3) is 11.6 Å². The number of nitrogens with one attached hydrogen (secondary N) is 1. The number of hydrogen-bond acceptors (Lipinski definition) is 6. The van der Waals surface area contributed by atoms with Crippen molar-refractivity contribution in [2.24, 2.45) is 0 Å². The maximum Gasteiger partial charge on any atom is 0.294 e. The third-order valence-electron chi connectivity index (χ3n) is 4.74. The van der Waals surface area contributed by atoms with E-state index >= 15 is 0 Å². The molecular weight excluding hydrogens is 400 g/mol. The molecule has 3 rings (SSSR count). The van der Waals surface area contributed by atoms with Gasteiger partial charge in [-0.25, -0.2) is 4.68 Å². The Hall–Kier alpha value is -4.01. The molecule has 1 aromatic heterocycles. The third-order valence-corrected chi connectivity index (χ3v) is 4.74. The Bertz CT molecular complexity index is 1200. The zero-order valence-corrected chi connectivity index (χ0v) is 17.4. The first kappa shape index (κ1) is 21.7. The molecule has 9 heteroatoms. The van der Waals surface area contributed by atoms with Crippen molar-refractivity contribution in [3.8, 4) is 11.4 Å². The number of nitrogens with zero attached hydrogens (tertiary/aromatic N) is 3. The Morgan fingerprint density at radius 3 is 2.65 bits per heavy atom. The quantitative estimate of drug-likeness (QED) is 0.462. The third kappa shape index (κ3) is 4.77. The lowest BCUT2D eigenvalue weighted by Crippen LogP contribution is -2.33. The second kappa shape index (κ2) is 9.21. The van der Waals surface area contributed by atoms with Crippen LogP contribution in [0.5, 0.6) is 5.75 Å². The van der Waals surface area contributed by atoms with E-state index in [9.17, 15) is 19.7 Å². The molecule has 3 aromatic rings. The van der Waals surface area contributed by atoms with E-state index < -0.39 is 16.3 Å². The van der Waals surface area contributed by atoms with Gasteiger partial charge in [-0.3, -0.25) is 19.7 Å². The molecule has 1 heterocycles. The SMILES string of the molecule is COc1ccc(C)cc1CCNC(=O)c1nn(-c2ccccc2[N+](=O)[O-])c(C)cc1=O. The zero-order valence-electron chi connectivity index (χ0n) is 17.4. The zero-order chi connectivity index (χ0) is 22.5. The summed E-state index contributed by atoms with van der Waals surface area (Å²) < 4.78 is 6.57. The summed E-state index contributed by atoms with van der Waals surface area (Å²) in [7, 11) is 1.58. The van der Waals surface area contributed by atoms with Gasteiger partial charge in [-0.15, -0.1) is 0 Å². The molecule has 0 aliphatic carbocycles. The van der Waals surface area contributed by atoms with Crippen LogP contribution < -0.4 is 15.5 Å². The topological polar surface area (TPSA) is 116 Å². The van der Waals surface area contributed by atoms with Gasteiger partial charge in [-0.1, -0.05) is 29.8 Å². The fraction of sp³-hybridized carbons (Fsp3) is 0.227. The van der Waals surface area contributed by atoms with E-state index in [-0.39, 0.29) is 23.6 Å². The van der Waals surface area contributed by atoms with Crippen molar-refractivity contribution in [2.75, 3.05) is 13.7 Å². The fourth-order valence-electron chi connectivity index (χ4n) is 3.24. The predicted molar refractivity (Wildman–Crippen MR) is 115 cm³/mol. The van der Waals surface area contributed by atoms with Crippen LogP contribution in [0.15, 0.2) is 53.3 Å². The van der Waals surface area contributed by atoms with Crippen LogP contribution in [0.2, 0.25) is 0 Å². The van der Waals surface area contributed by atoms with Crippen molar-refractivity contribution in [3.05, 3.63) is 91.4 Å². The number of carbonyl (C=O) groups is 1. The fourth-order valence-corrected chi connectivity index (χ4v) is 3.24. The largest absolute Gasteiger partial charge is 0.496 e. The highest BCUT2D eigenvalue weighted by Gasteiger charge is 2.20. The second-order valence-corrected chi connectivity index (χ2v) is 6.98. The van der Waals surface area contributed by atoms with E-state index in [2.05, 4.69) is 10.4 Å². The van der Waals surface area contributed by atoms with Crippen molar-refractivity contribution in [1.29, 1.82) is 0 Å². The van der Waals surface area contributed by atoms with Crippen LogP contribution >= 0.6 is 0 Å². The van der Waals surface area contributed by atoms with Crippen LogP contribution in [-0.2, 0) is 6.42 Å². The number of benzene rings is 2. The van der Waals surface area contributed by atoms with E-state index in [4.69, 9.17) is 4.74 Å². The van der Waals surface area contributed by atoms with E-state index in [0.717, 1.165) is 11.1 Å². The summed E-state index contributed by atoms with van der Waals surface area (Å²) in [5.41, 5.74) is 1.47. The van der Waals surface area contributed by atoms with Crippen molar-refractivity contribution in [1.82, 2.24) is 15.1 Å². The summed E-state index contributed by atoms with van der Waals surface area (Å²) in [6.07, 6.45) is 0.501. The Labute approximate surface area is 178 Å². The summed E-state index contributed by atoms with van der Waals surface area (Å²) >= 11 is 0. The molecule has 0 saturated heterocycles. The number of carbonyl (C=O) groups excluding carboxylic acids is 1. The Kier molecular flexibility index (Phi) is 6.44. The van der Waals surface area contributed by atoms with Crippen molar-refractivity contribution in [3.63, 3.8) is 0 Å². The van der Waals surface area contributed by atoms with Gasteiger partial charge in [-0.2, -0.15) is 5.10 Å². The minimum absolute atomic E-state index is 0.170. The Balaban J connectivity index is 1.84.